The third-order valence-electron chi connectivity index (χ3n) is 4.65. The van der Waals surface area contributed by atoms with Gasteiger partial charge in [0.25, 0.3) is 0 Å². The van der Waals surface area contributed by atoms with Gasteiger partial charge in [0.15, 0.2) is 11.5 Å². The van der Waals surface area contributed by atoms with Gasteiger partial charge in [-0.15, -0.1) is 0 Å². The zero-order valence-corrected chi connectivity index (χ0v) is 14.8. The number of ether oxygens (including phenoxy) is 2. The fourth-order valence-corrected chi connectivity index (χ4v) is 3.79. The Morgan fingerprint density at radius 3 is 3.00 bits per heavy atom. The number of thioether (sulfide) groups is 1. The molecule has 4 rings (SSSR count). The van der Waals surface area contributed by atoms with E-state index in [0.29, 0.717) is 13.2 Å². The van der Waals surface area contributed by atoms with Crippen molar-refractivity contribution < 1.29 is 9.47 Å². The molecule has 5 nitrogen and oxygen atoms in total. The van der Waals surface area contributed by atoms with Crippen molar-refractivity contribution in [1.29, 1.82) is 0 Å². The van der Waals surface area contributed by atoms with E-state index in [9.17, 15) is 0 Å². The molecule has 0 amide bonds. The number of fused-ring (bicyclic) bond motifs is 2. The number of hydrogen-bond acceptors (Lipinski definition) is 5. The predicted molar refractivity (Wildman–Crippen MR) is 95.9 cm³/mol. The lowest BCUT2D eigenvalue weighted by Crippen LogP contribution is -2.30. The summed E-state index contributed by atoms with van der Waals surface area (Å²) in [4.78, 5) is 2.49. The van der Waals surface area contributed by atoms with Gasteiger partial charge in [-0.25, -0.2) is 0 Å². The zero-order valence-electron chi connectivity index (χ0n) is 14.0. The van der Waals surface area contributed by atoms with Gasteiger partial charge in [-0.1, -0.05) is 6.07 Å². The van der Waals surface area contributed by atoms with Gasteiger partial charge >= 0.3 is 0 Å². The maximum absolute atomic E-state index is 5.70. The molecule has 0 radical (unpaired) electrons. The van der Waals surface area contributed by atoms with Gasteiger partial charge in [-0.3, -0.25) is 10.00 Å². The molecule has 0 saturated carbocycles. The van der Waals surface area contributed by atoms with E-state index in [2.05, 4.69) is 33.5 Å². The number of rotatable bonds is 5. The van der Waals surface area contributed by atoms with Gasteiger partial charge in [0.1, 0.15) is 13.2 Å². The monoisotopic (exact) mass is 345 g/mol. The second-order valence-electron chi connectivity index (χ2n) is 6.31. The zero-order chi connectivity index (χ0) is 16.4. The lowest BCUT2D eigenvalue weighted by molar-refractivity contribution is 0.171. The molecule has 128 valence electrons. The summed E-state index contributed by atoms with van der Waals surface area (Å²) >= 11 is 1.87. The molecule has 1 aromatic carbocycles. The Morgan fingerprint density at radius 2 is 2.12 bits per heavy atom. The number of nitrogens with zero attached hydrogens (tertiary/aromatic N) is 2. The lowest BCUT2D eigenvalue weighted by Gasteiger charge is -2.27. The number of aromatic nitrogens is 2. The standard InChI is InChI=1S/C18H23N3O2S/c1-24-9-5-16-14-12-21(6-4-15(14)19-20-16)11-13-2-3-17-18(10-13)23-8-7-22-17/h2-3,10H,4-9,11-12H2,1H3,(H,19,20). The second-order valence-corrected chi connectivity index (χ2v) is 7.29. The van der Waals surface area contributed by atoms with Gasteiger partial charge in [-0.2, -0.15) is 16.9 Å². The Balaban J connectivity index is 1.46. The third-order valence-corrected chi connectivity index (χ3v) is 5.27. The molecule has 2 aliphatic rings. The molecular weight excluding hydrogens is 322 g/mol. The summed E-state index contributed by atoms with van der Waals surface area (Å²) in [5, 5.41) is 7.77. The van der Waals surface area contributed by atoms with E-state index in [1.54, 1.807) is 0 Å². The molecule has 0 atom stereocenters. The molecular formula is C18H23N3O2S. The first kappa shape index (κ1) is 15.8. The molecule has 0 saturated heterocycles. The summed E-state index contributed by atoms with van der Waals surface area (Å²) < 4.78 is 11.3. The van der Waals surface area contributed by atoms with Crippen LogP contribution in [0.2, 0.25) is 0 Å². The Hall–Kier alpha value is -1.66. The number of H-pyrrole nitrogens is 1. The SMILES string of the molecule is CSCCc1n[nH]c2c1CN(Cc1ccc3c(c1)OCCO3)CC2. The van der Waals surface area contributed by atoms with Gasteiger partial charge in [0.05, 0.1) is 5.69 Å². The number of hydrogen-bond donors (Lipinski definition) is 1. The molecule has 0 unspecified atom stereocenters. The van der Waals surface area contributed by atoms with Gasteiger partial charge in [0, 0.05) is 43.7 Å². The quantitative estimate of drug-likeness (QED) is 0.903. The summed E-state index contributed by atoms with van der Waals surface area (Å²) in [6.07, 6.45) is 4.24. The van der Waals surface area contributed by atoms with E-state index in [-0.39, 0.29) is 0 Å². The molecule has 1 N–H and O–H groups in total. The molecule has 0 fully saturated rings. The van der Waals surface area contributed by atoms with E-state index in [4.69, 9.17) is 9.47 Å². The molecule has 0 aliphatic carbocycles. The van der Waals surface area contributed by atoms with Crippen LogP contribution in [0, 0.1) is 0 Å². The molecule has 2 aromatic rings. The fourth-order valence-electron chi connectivity index (χ4n) is 3.39. The van der Waals surface area contributed by atoms with Gasteiger partial charge < -0.3 is 9.47 Å². The molecule has 2 aliphatic heterocycles. The normalized spacial score (nSPS) is 16.9. The molecule has 0 spiro atoms. The molecule has 24 heavy (non-hydrogen) atoms. The van der Waals surface area contributed by atoms with Crippen molar-refractivity contribution in [3.05, 3.63) is 40.7 Å². The van der Waals surface area contributed by atoms with Crippen molar-refractivity contribution in [2.45, 2.75) is 25.9 Å². The molecule has 3 heterocycles. The van der Waals surface area contributed by atoms with E-state index in [1.165, 1.54) is 22.5 Å². The summed E-state index contributed by atoms with van der Waals surface area (Å²) in [6, 6.07) is 6.29. The minimum atomic E-state index is 0.636. The average molecular weight is 345 g/mol. The smallest absolute Gasteiger partial charge is 0.161 e. The Morgan fingerprint density at radius 1 is 1.25 bits per heavy atom. The third kappa shape index (κ3) is 3.26. The van der Waals surface area contributed by atoms with Crippen molar-refractivity contribution in [2.75, 3.05) is 31.8 Å². The van der Waals surface area contributed by atoms with E-state index in [1.807, 2.05) is 17.8 Å². The number of nitrogens with one attached hydrogen (secondary N) is 1. The van der Waals surface area contributed by atoms with Crippen LogP contribution in [0.15, 0.2) is 18.2 Å². The topological polar surface area (TPSA) is 50.4 Å². The van der Waals surface area contributed by atoms with Crippen LogP contribution in [0.25, 0.3) is 0 Å². The first-order valence-corrected chi connectivity index (χ1v) is 9.87. The second kappa shape index (κ2) is 7.07. The highest BCUT2D eigenvalue weighted by Gasteiger charge is 2.22. The van der Waals surface area contributed by atoms with Crippen LogP contribution in [-0.4, -0.2) is 46.9 Å². The summed E-state index contributed by atoms with van der Waals surface area (Å²) in [7, 11) is 0. The summed E-state index contributed by atoms with van der Waals surface area (Å²) in [5.41, 5.74) is 5.25. The molecule has 0 bridgehead atoms. The number of aryl methyl sites for hydroxylation is 1. The van der Waals surface area contributed by atoms with Crippen molar-refractivity contribution in [3.63, 3.8) is 0 Å². The van der Waals surface area contributed by atoms with Crippen LogP contribution in [0.3, 0.4) is 0 Å². The van der Waals surface area contributed by atoms with Crippen LogP contribution in [0.4, 0.5) is 0 Å². The number of benzene rings is 1. The first-order chi connectivity index (χ1) is 11.8. The highest BCUT2D eigenvalue weighted by molar-refractivity contribution is 7.98. The largest absolute Gasteiger partial charge is 0.486 e. The summed E-state index contributed by atoms with van der Waals surface area (Å²) in [5.74, 6) is 2.86. The summed E-state index contributed by atoms with van der Waals surface area (Å²) in [6.45, 7) is 4.25. The van der Waals surface area contributed by atoms with Crippen molar-refractivity contribution >= 4 is 11.8 Å². The Labute approximate surface area is 146 Å². The van der Waals surface area contributed by atoms with Crippen molar-refractivity contribution in [1.82, 2.24) is 15.1 Å². The van der Waals surface area contributed by atoms with Crippen molar-refractivity contribution in [2.24, 2.45) is 0 Å². The molecule has 6 heteroatoms. The van der Waals surface area contributed by atoms with E-state index in [0.717, 1.165) is 49.7 Å². The van der Waals surface area contributed by atoms with Crippen molar-refractivity contribution in [3.8, 4) is 11.5 Å². The van der Waals surface area contributed by atoms with Crippen LogP contribution in [-0.2, 0) is 25.9 Å². The highest BCUT2D eigenvalue weighted by Crippen LogP contribution is 2.31. The Kier molecular flexibility index (Phi) is 4.67. The number of aromatic amines is 1. The van der Waals surface area contributed by atoms with Gasteiger partial charge in [0.2, 0.25) is 0 Å². The minimum absolute atomic E-state index is 0.636. The van der Waals surface area contributed by atoms with Gasteiger partial charge in [-0.05, 0) is 29.7 Å². The van der Waals surface area contributed by atoms with Crippen LogP contribution in [0.1, 0.15) is 22.5 Å². The lowest BCUT2D eigenvalue weighted by atomic mass is 10.0. The average Bonchev–Trinajstić information content (AvgIpc) is 3.02. The van der Waals surface area contributed by atoms with E-state index >= 15 is 0 Å². The fraction of sp³-hybridized carbons (Fsp3) is 0.500. The van der Waals surface area contributed by atoms with Crippen LogP contribution >= 0.6 is 11.8 Å². The van der Waals surface area contributed by atoms with Crippen LogP contribution < -0.4 is 9.47 Å². The van der Waals surface area contributed by atoms with E-state index < -0.39 is 0 Å². The minimum Gasteiger partial charge on any atom is -0.486 e. The highest BCUT2D eigenvalue weighted by atomic mass is 32.2. The Bertz CT molecular complexity index is 716. The van der Waals surface area contributed by atoms with Crippen LogP contribution in [0.5, 0.6) is 11.5 Å². The maximum atomic E-state index is 5.70. The first-order valence-electron chi connectivity index (χ1n) is 8.48. The molecule has 1 aromatic heterocycles. The maximum Gasteiger partial charge on any atom is 0.161 e. The predicted octanol–water partition coefficient (Wildman–Crippen LogP) is 2.64.